The van der Waals surface area contributed by atoms with Crippen LogP contribution in [0.15, 0.2) is 35.4 Å². The van der Waals surface area contributed by atoms with Gasteiger partial charge >= 0.3 is 0 Å². The predicted molar refractivity (Wildman–Crippen MR) is 136 cm³/mol. The van der Waals surface area contributed by atoms with Gasteiger partial charge in [-0.25, -0.2) is 9.50 Å². The van der Waals surface area contributed by atoms with E-state index >= 15 is 0 Å². The molecule has 1 amide bonds. The first-order chi connectivity index (χ1) is 14.7. The van der Waals surface area contributed by atoms with Crippen LogP contribution in [-0.4, -0.2) is 32.3 Å². The number of amides is 1. The third-order valence-corrected chi connectivity index (χ3v) is 5.93. The first-order valence-corrected chi connectivity index (χ1v) is 12.3. The second kappa shape index (κ2) is 8.50. The monoisotopic (exact) mass is 455 g/mol. The molecule has 6 nitrogen and oxygen atoms in total. The predicted octanol–water partition coefficient (Wildman–Crippen LogP) is 6.56. The van der Waals surface area contributed by atoms with E-state index < -0.39 is 0 Å². The van der Waals surface area contributed by atoms with Crippen LogP contribution < -0.4 is 10.6 Å². The van der Waals surface area contributed by atoms with Crippen LogP contribution in [0.1, 0.15) is 77.9 Å². The molecule has 0 fully saturated rings. The molecular weight excluding hydrogens is 418 g/mol. The Morgan fingerprint density at radius 2 is 1.69 bits per heavy atom. The molecule has 1 aromatic carbocycles. The SMILES string of the molecule is CSc1ccc(NC(=O)c2c[nH]n3c(NC(C)(C)CC(C)(C)C)c(C(C)(C)C)nc23)cc1. The fourth-order valence-corrected chi connectivity index (χ4v) is 4.70. The van der Waals surface area contributed by atoms with E-state index in [1.807, 2.05) is 35.0 Å². The van der Waals surface area contributed by atoms with Crippen LogP contribution in [0.2, 0.25) is 0 Å². The van der Waals surface area contributed by atoms with E-state index in [0.717, 1.165) is 28.5 Å². The summed E-state index contributed by atoms with van der Waals surface area (Å²) >= 11 is 1.67. The number of hydrogen-bond acceptors (Lipinski definition) is 4. The number of thioether (sulfide) groups is 1. The minimum atomic E-state index is -0.186. The van der Waals surface area contributed by atoms with Crippen molar-refractivity contribution in [1.29, 1.82) is 0 Å². The molecule has 0 radical (unpaired) electrons. The highest BCUT2D eigenvalue weighted by atomic mass is 32.2. The van der Waals surface area contributed by atoms with Gasteiger partial charge in [0.05, 0.1) is 5.69 Å². The van der Waals surface area contributed by atoms with Gasteiger partial charge in [0.2, 0.25) is 0 Å². The van der Waals surface area contributed by atoms with Gasteiger partial charge in [-0.2, -0.15) is 0 Å². The summed E-state index contributed by atoms with van der Waals surface area (Å²) in [5.41, 5.74) is 2.68. The molecule has 0 unspecified atom stereocenters. The third kappa shape index (κ3) is 5.49. The Hall–Kier alpha value is -2.41. The van der Waals surface area contributed by atoms with Crippen LogP contribution >= 0.6 is 11.8 Å². The van der Waals surface area contributed by atoms with Gasteiger partial charge in [-0.1, -0.05) is 41.5 Å². The zero-order valence-electron chi connectivity index (χ0n) is 20.8. The summed E-state index contributed by atoms with van der Waals surface area (Å²) < 4.78 is 1.90. The number of aromatic amines is 1. The van der Waals surface area contributed by atoms with E-state index in [1.54, 1.807) is 18.0 Å². The van der Waals surface area contributed by atoms with Crippen molar-refractivity contribution in [3.05, 3.63) is 41.7 Å². The second-order valence-corrected chi connectivity index (χ2v) is 12.2. The van der Waals surface area contributed by atoms with Gasteiger partial charge in [0.25, 0.3) is 5.91 Å². The number of carbonyl (C=O) groups excluding carboxylic acids is 1. The lowest BCUT2D eigenvalue weighted by Gasteiger charge is -2.34. The molecule has 174 valence electrons. The van der Waals surface area contributed by atoms with E-state index in [0.29, 0.717) is 11.2 Å². The zero-order chi connectivity index (χ0) is 23.9. The third-order valence-electron chi connectivity index (χ3n) is 5.19. The van der Waals surface area contributed by atoms with E-state index in [1.165, 1.54) is 0 Å². The number of imidazole rings is 1. The van der Waals surface area contributed by atoms with Crippen LogP contribution in [0.25, 0.3) is 5.65 Å². The molecule has 7 heteroatoms. The van der Waals surface area contributed by atoms with Gasteiger partial charge in [0.15, 0.2) is 11.5 Å². The molecule has 3 N–H and O–H groups in total. The van der Waals surface area contributed by atoms with E-state index in [4.69, 9.17) is 4.98 Å². The molecule has 0 aliphatic rings. The number of hydrogen-bond donors (Lipinski definition) is 3. The van der Waals surface area contributed by atoms with E-state index in [9.17, 15) is 4.79 Å². The molecule has 0 spiro atoms. The molecule has 0 atom stereocenters. The Balaban J connectivity index is 1.98. The second-order valence-electron chi connectivity index (χ2n) is 11.3. The Kier molecular flexibility index (Phi) is 6.44. The normalized spacial score (nSPS) is 12.9. The quantitative estimate of drug-likeness (QED) is 0.368. The van der Waals surface area contributed by atoms with Gasteiger partial charge < -0.3 is 10.6 Å². The van der Waals surface area contributed by atoms with Gasteiger partial charge in [0.1, 0.15) is 5.56 Å². The van der Waals surface area contributed by atoms with Crippen molar-refractivity contribution in [2.75, 3.05) is 16.9 Å². The number of aromatic nitrogens is 3. The summed E-state index contributed by atoms with van der Waals surface area (Å²) in [6.45, 7) is 17.6. The van der Waals surface area contributed by atoms with Gasteiger partial charge in [-0.3, -0.25) is 9.89 Å². The fourth-order valence-electron chi connectivity index (χ4n) is 4.29. The Labute approximate surface area is 195 Å². The molecule has 3 rings (SSSR count). The van der Waals surface area contributed by atoms with Crippen molar-refractivity contribution in [2.24, 2.45) is 5.41 Å². The van der Waals surface area contributed by atoms with Crippen molar-refractivity contribution >= 4 is 34.8 Å². The van der Waals surface area contributed by atoms with Gasteiger partial charge in [-0.15, -0.1) is 11.8 Å². The average Bonchev–Trinajstić information content (AvgIpc) is 3.20. The van der Waals surface area contributed by atoms with Gasteiger partial charge in [-0.05, 0) is 56.2 Å². The highest BCUT2D eigenvalue weighted by Gasteiger charge is 2.32. The van der Waals surface area contributed by atoms with Crippen LogP contribution in [0, 0.1) is 5.41 Å². The zero-order valence-corrected chi connectivity index (χ0v) is 21.6. The van der Waals surface area contributed by atoms with Crippen LogP contribution in [-0.2, 0) is 5.41 Å². The first-order valence-electron chi connectivity index (χ1n) is 11.0. The number of H-pyrrole nitrogens is 1. The molecule has 32 heavy (non-hydrogen) atoms. The maximum atomic E-state index is 13.1. The number of nitrogens with one attached hydrogen (secondary N) is 3. The maximum absolute atomic E-state index is 13.1. The molecule has 2 heterocycles. The van der Waals surface area contributed by atoms with Crippen molar-refractivity contribution < 1.29 is 4.79 Å². The summed E-state index contributed by atoms with van der Waals surface area (Å²) in [5.74, 6) is 0.726. The smallest absolute Gasteiger partial charge is 0.261 e. The number of fused-ring (bicyclic) bond motifs is 1. The van der Waals surface area contributed by atoms with Crippen molar-refractivity contribution in [2.45, 2.75) is 77.7 Å². The summed E-state index contributed by atoms with van der Waals surface area (Å²) in [6, 6.07) is 7.84. The summed E-state index contributed by atoms with van der Waals surface area (Å²) in [5, 5.41) is 9.96. The highest BCUT2D eigenvalue weighted by Crippen LogP contribution is 2.35. The highest BCUT2D eigenvalue weighted by molar-refractivity contribution is 7.98. The molecule has 0 saturated carbocycles. The summed E-state index contributed by atoms with van der Waals surface area (Å²) in [7, 11) is 0. The Morgan fingerprint density at radius 1 is 1.06 bits per heavy atom. The number of anilines is 2. The van der Waals surface area contributed by atoms with Crippen LogP contribution in [0.5, 0.6) is 0 Å². The number of rotatable bonds is 6. The minimum absolute atomic E-state index is 0.152. The molecular formula is C25H37N5OS. The number of carbonyl (C=O) groups is 1. The van der Waals surface area contributed by atoms with Crippen LogP contribution in [0.3, 0.4) is 0 Å². The summed E-state index contributed by atoms with van der Waals surface area (Å²) in [6.07, 6.45) is 4.74. The Bertz CT molecular complexity index is 1090. The fraction of sp³-hybridized carbons (Fsp3) is 0.520. The molecule has 0 bridgehead atoms. The van der Waals surface area contributed by atoms with Crippen molar-refractivity contribution in [3.8, 4) is 0 Å². The van der Waals surface area contributed by atoms with Crippen molar-refractivity contribution in [3.63, 3.8) is 0 Å². The van der Waals surface area contributed by atoms with Gasteiger partial charge in [0, 0.05) is 27.7 Å². The largest absolute Gasteiger partial charge is 0.364 e. The first kappa shape index (κ1) is 24.2. The standard InChI is InChI=1S/C25H37N5OS/c1-23(2,3)15-25(7,8)29-21-19(24(4,5)6)28-20-18(14-26-30(20)21)22(31)27-16-10-12-17(32-9)13-11-16/h10-14,26,29H,15H2,1-9H3,(H,27,31). The van der Waals surface area contributed by atoms with E-state index in [2.05, 4.69) is 71.1 Å². The minimum Gasteiger partial charge on any atom is -0.364 e. The molecule has 0 saturated heterocycles. The lowest BCUT2D eigenvalue weighted by molar-refractivity contribution is 0.102. The maximum Gasteiger partial charge on any atom is 0.261 e. The van der Waals surface area contributed by atoms with E-state index in [-0.39, 0.29) is 22.3 Å². The molecule has 2 aromatic heterocycles. The number of benzene rings is 1. The lowest BCUT2D eigenvalue weighted by atomic mass is 9.81. The number of nitrogens with zero attached hydrogens (tertiary/aromatic N) is 2. The Morgan fingerprint density at radius 3 is 2.22 bits per heavy atom. The summed E-state index contributed by atoms with van der Waals surface area (Å²) in [4.78, 5) is 19.2. The average molecular weight is 456 g/mol. The molecule has 0 aliphatic heterocycles. The molecule has 0 aliphatic carbocycles. The van der Waals surface area contributed by atoms with Crippen molar-refractivity contribution in [1.82, 2.24) is 14.6 Å². The van der Waals surface area contributed by atoms with Crippen LogP contribution in [0.4, 0.5) is 11.5 Å². The molecule has 3 aromatic rings. The topological polar surface area (TPSA) is 74.2 Å². The lowest BCUT2D eigenvalue weighted by Crippen LogP contribution is -2.36.